The normalized spacial score (nSPS) is 20.2. The molecule has 1 fully saturated rings. The van der Waals surface area contributed by atoms with Gasteiger partial charge in [-0.1, -0.05) is 11.9 Å². The number of nitrogens with one attached hydrogen (secondary N) is 3. The number of sulfone groups is 1. The molecule has 8 nitrogen and oxygen atoms in total. The number of nitrogens with zero attached hydrogens (tertiary/aromatic N) is 2. The molecule has 0 unspecified atom stereocenters. The van der Waals surface area contributed by atoms with Gasteiger partial charge in [-0.3, -0.25) is 4.72 Å². The van der Waals surface area contributed by atoms with Crippen LogP contribution in [-0.2, 0) is 9.84 Å². The summed E-state index contributed by atoms with van der Waals surface area (Å²) < 4.78 is 32.2. The van der Waals surface area contributed by atoms with E-state index in [4.69, 9.17) is 4.42 Å². The molecule has 0 saturated heterocycles. The van der Waals surface area contributed by atoms with Gasteiger partial charge < -0.3 is 14.7 Å². The van der Waals surface area contributed by atoms with Crippen LogP contribution in [0.2, 0.25) is 0 Å². The van der Waals surface area contributed by atoms with E-state index in [1.54, 1.807) is 18.1 Å². The molecule has 0 bridgehead atoms. The van der Waals surface area contributed by atoms with Gasteiger partial charge in [0.15, 0.2) is 0 Å². The minimum absolute atomic E-state index is 0.152. The molecule has 4 rings (SSSR count). The van der Waals surface area contributed by atoms with E-state index in [0.717, 1.165) is 35.8 Å². The van der Waals surface area contributed by atoms with Crippen molar-refractivity contribution in [3.63, 3.8) is 0 Å². The quantitative estimate of drug-likeness (QED) is 0.547. The molecule has 3 aromatic rings. The summed E-state index contributed by atoms with van der Waals surface area (Å²) in [5, 5.41) is 4.32. The lowest BCUT2D eigenvalue weighted by atomic mass is 9.87. The Hall–Kier alpha value is -2.04. The average Bonchev–Trinajstić information content (AvgIpc) is 3.21. The van der Waals surface area contributed by atoms with Crippen molar-refractivity contribution >= 4 is 38.5 Å². The van der Waals surface area contributed by atoms with Crippen molar-refractivity contribution in [3.8, 4) is 11.5 Å². The number of oxazole rings is 1. The molecule has 0 aliphatic heterocycles. The fourth-order valence-corrected chi connectivity index (χ4v) is 4.08. The second-order valence-corrected chi connectivity index (χ2v) is 8.97. The van der Waals surface area contributed by atoms with Crippen molar-refractivity contribution in [2.24, 2.45) is 0 Å². The summed E-state index contributed by atoms with van der Waals surface area (Å²) in [7, 11) is -3.45. The molecule has 0 spiro atoms. The summed E-state index contributed by atoms with van der Waals surface area (Å²) in [6.45, 7) is 0. The van der Waals surface area contributed by atoms with Crippen LogP contribution in [-0.4, -0.2) is 48.0 Å². The van der Waals surface area contributed by atoms with Gasteiger partial charge in [-0.2, -0.15) is 0 Å². The second-order valence-electron chi connectivity index (χ2n) is 6.38. The Morgan fingerprint density at radius 3 is 2.77 bits per heavy atom. The van der Waals surface area contributed by atoms with Gasteiger partial charge in [-0.05, 0) is 25.2 Å². The highest BCUT2D eigenvalue weighted by molar-refractivity contribution is 7.96. The lowest BCUT2D eigenvalue weighted by Crippen LogP contribution is -2.45. The number of hydrogen-bond donors (Lipinski definition) is 3. The zero-order valence-electron chi connectivity index (χ0n) is 14.3. The number of pyridine rings is 1. The van der Waals surface area contributed by atoms with E-state index in [2.05, 4.69) is 25.0 Å². The van der Waals surface area contributed by atoms with Gasteiger partial charge in [0.05, 0.1) is 17.4 Å². The maximum atomic E-state index is 11.7. The van der Waals surface area contributed by atoms with Crippen LogP contribution in [0.5, 0.6) is 0 Å². The minimum atomic E-state index is -3.45. The highest BCUT2D eigenvalue weighted by Crippen LogP contribution is 2.36. The van der Waals surface area contributed by atoms with Crippen molar-refractivity contribution in [1.82, 2.24) is 19.7 Å². The Kier molecular flexibility index (Phi) is 4.41. The third-order valence-electron chi connectivity index (χ3n) is 4.44. The summed E-state index contributed by atoms with van der Waals surface area (Å²) in [6.07, 6.45) is 9.84. The van der Waals surface area contributed by atoms with Crippen LogP contribution in [0.4, 0.5) is 5.69 Å². The first-order valence-corrected chi connectivity index (χ1v) is 11.2. The number of anilines is 1. The molecular formula is C16H19N5O3S2. The van der Waals surface area contributed by atoms with E-state index in [9.17, 15) is 8.42 Å². The fourth-order valence-electron chi connectivity index (χ4n) is 3.08. The number of aromatic nitrogens is 3. The Balaban J connectivity index is 1.70. The molecule has 3 N–H and O–H groups in total. The van der Waals surface area contributed by atoms with Crippen LogP contribution < -0.4 is 10.0 Å². The highest BCUT2D eigenvalue weighted by atomic mass is 32.2. The van der Waals surface area contributed by atoms with Crippen LogP contribution >= 0.6 is 11.9 Å². The lowest BCUT2D eigenvalue weighted by molar-refractivity contribution is 0.355. The second kappa shape index (κ2) is 6.60. The minimum Gasteiger partial charge on any atom is -0.425 e. The van der Waals surface area contributed by atoms with E-state index in [-0.39, 0.29) is 11.0 Å². The summed E-state index contributed by atoms with van der Waals surface area (Å²) in [5.41, 5.74) is 2.25. The van der Waals surface area contributed by atoms with E-state index in [1.165, 1.54) is 6.20 Å². The van der Waals surface area contributed by atoms with Gasteiger partial charge in [-0.15, -0.1) is 0 Å². The lowest BCUT2D eigenvalue weighted by Gasteiger charge is -2.36. The Morgan fingerprint density at radius 1 is 1.27 bits per heavy atom. The number of H-pyrrole nitrogens is 1. The van der Waals surface area contributed by atoms with E-state index in [0.29, 0.717) is 17.6 Å². The summed E-state index contributed by atoms with van der Waals surface area (Å²) >= 11 is 1.63. The molecule has 10 heteroatoms. The van der Waals surface area contributed by atoms with Gasteiger partial charge in [0.25, 0.3) is 0 Å². The maximum absolute atomic E-state index is 11.7. The first-order valence-electron chi connectivity index (χ1n) is 8.13. The van der Waals surface area contributed by atoms with Crippen molar-refractivity contribution < 1.29 is 12.8 Å². The molecule has 0 amide bonds. The van der Waals surface area contributed by atoms with E-state index < -0.39 is 9.84 Å². The van der Waals surface area contributed by atoms with Gasteiger partial charge in [0.2, 0.25) is 20.8 Å². The summed E-state index contributed by atoms with van der Waals surface area (Å²) in [4.78, 5) is 11.6. The van der Waals surface area contributed by atoms with Crippen LogP contribution in [0.3, 0.4) is 0 Å². The van der Waals surface area contributed by atoms with E-state index in [1.807, 2.05) is 18.5 Å². The average molecular weight is 393 g/mol. The number of fused-ring (bicyclic) bond motifs is 1. The third kappa shape index (κ3) is 3.19. The molecule has 1 aliphatic rings. The van der Waals surface area contributed by atoms with Gasteiger partial charge in [0, 0.05) is 36.1 Å². The number of hydrogen-bond acceptors (Lipinski definition) is 8. The van der Waals surface area contributed by atoms with Gasteiger partial charge in [-0.25, -0.2) is 18.4 Å². The Morgan fingerprint density at radius 2 is 2.08 bits per heavy atom. The molecule has 138 valence electrons. The molecular weight excluding hydrogens is 374 g/mol. The zero-order valence-corrected chi connectivity index (χ0v) is 15.9. The Labute approximate surface area is 155 Å². The standard InChI is InChI=1S/C16H19N5O3S2/c1-25-21-10-5-9(6-10)20-14-11-3-4-17-15(11)18-7-12(14)16-19-8-13(24-16)26(2,22)23/h3-4,7-10,21H,5-6H2,1-2H3,(H2,17,18,20). The van der Waals surface area contributed by atoms with Crippen LogP contribution in [0.25, 0.3) is 22.5 Å². The SMILES string of the molecule is CSNC1CC(Nc2c(-c3ncc(S(C)(=O)=O)o3)cnc3[nH]ccc23)C1. The first kappa shape index (κ1) is 17.4. The predicted octanol–water partition coefficient (Wildman–Crippen LogP) is 2.43. The molecule has 3 aromatic heterocycles. The number of aromatic amines is 1. The summed E-state index contributed by atoms with van der Waals surface area (Å²) in [6, 6.07) is 2.75. The zero-order chi connectivity index (χ0) is 18.3. The summed E-state index contributed by atoms with van der Waals surface area (Å²) in [5.74, 6) is 0.238. The van der Waals surface area contributed by atoms with E-state index >= 15 is 0 Å². The van der Waals surface area contributed by atoms with Crippen LogP contribution in [0, 0.1) is 0 Å². The van der Waals surface area contributed by atoms with Crippen molar-refractivity contribution in [2.75, 3.05) is 17.8 Å². The third-order valence-corrected chi connectivity index (χ3v) is 5.93. The fraction of sp³-hybridized carbons (Fsp3) is 0.375. The maximum Gasteiger partial charge on any atom is 0.238 e. The topological polar surface area (TPSA) is 113 Å². The van der Waals surface area contributed by atoms with Crippen LogP contribution in [0.1, 0.15) is 12.8 Å². The molecule has 0 aromatic carbocycles. The molecule has 26 heavy (non-hydrogen) atoms. The Bertz CT molecular complexity index is 1040. The molecule has 0 atom stereocenters. The number of rotatable bonds is 6. The predicted molar refractivity (Wildman–Crippen MR) is 102 cm³/mol. The molecule has 1 saturated carbocycles. The monoisotopic (exact) mass is 393 g/mol. The molecule has 1 aliphatic carbocycles. The first-order chi connectivity index (χ1) is 12.5. The van der Waals surface area contributed by atoms with Crippen molar-refractivity contribution in [3.05, 3.63) is 24.7 Å². The largest absolute Gasteiger partial charge is 0.425 e. The molecule has 0 radical (unpaired) electrons. The smallest absolute Gasteiger partial charge is 0.238 e. The van der Waals surface area contributed by atoms with Crippen molar-refractivity contribution in [2.45, 2.75) is 30.0 Å². The van der Waals surface area contributed by atoms with Crippen molar-refractivity contribution in [1.29, 1.82) is 0 Å². The molecule has 3 heterocycles. The van der Waals surface area contributed by atoms with Gasteiger partial charge >= 0.3 is 0 Å². The van der Waals surface area contributed by atoms with Crippen LogP contribution in [0.15, 0.2) is 34.2 Å². The highest BCUT2D eigenvalue weighted by Gasteiger charge is 2.30. The van der Waals surface area contributed by atoms with Gasteiger partial charge in [0.1, 0.15) is 5.65 Å².